The molecule has 0 unspecified atom stereocenters. The van der Waals surface area contributed by atoms with E-state index in [1.54, 1.807) is 23.9 Å². The first kappa shape index (κ1) is 18.3. The van der Waals surface area contributed by atoms with Crippen molar-refractivity contribution in [3.8, 4) is 5.75 Å². The predicted octanol–water partition coefficient (Wildman–Crippen LogP) is 3.99. The summed E-state index contributed by atoms with van der Waals surface area (Å²) in [6.45, 7) is 5.42. The van der Waals surface area contributed by atoms with Gasteiger partial charge < -0.3 is 9.84 Å². The van der Waals surface area contributed by atoms with Gasteiger partial charge in [-0.05, 0) is 31.2 Å². The number of ketones is 1. The Labute approximate surface area is 145 Å². The Balaban J connectivity index is 2.90. The van der Waals surface area contributed by atoms with Gasteiger partial charge in [0.15, 0.2) is 5.78 Å². The zero-order valence-electron chi connectivity index (χ0n) is 14.3. The number of hydrogen-bond acceptors (Lipinski definition) is 6. The Morgan fingerprint density at radius 3 is 2.54 bits per heavy atom. The molecule has 0 aliphatic rings. The molecule has 0 atom stereocenters. The van der Waals surface area contributed by atoms with Gasteiger partial charge in [0, 0.05) is 15.8 Å². The molecule has 0 aliphatic carbocycles. The number of hydrogen-bond donors (Lipinski definition) is 1. The minimum Gasteiger partial charge on any atom is -0.507 e. The number of esters is 1. The Hall–Kier alpha value is -2.08. The van der Waals surface area contributed by atoms with Crippen molar-refractivity contribution in [3.63, 3.8) is 0 Å². The molecule has 1 aromatic heterocycles. The van der Waals surface area contributed by atoms with Crippen LogP contribution in [0, 0.1) is 0 Å². The van der Waals surface area contributed by atoms with E-state index in [2.05, 4.69) is 4.98 Å². The van der Waals surface area contributed by atoms with Crippen LogP contribution in [0.4, 0.5) is 0 Å². The Morgan fingerprint density at radius 1 is 1.29 bits per heavy atom. The Kier molecular flexibility index (Phi) is 5.83. The molecule has 2 rings (SSSR count). The summed E-state index contributed by atoms with van der Waals surface area (Å²) < 4.78 is 4.78. The van der Waals surface area contributed by atoms with Gasteiger partial charge in [0.25, 0.3) is 0 Å². The number of phenols is 1. The van der Waals surface area contributed by atoms with Crippen molar-refractivity contribution < 1.29 is 19.4 Å². The number of carbonyl (C=O) groups excluding carboxylic acids is 2. The van der Waals surface area contributed by atoms with E-state index in [9.17, 15) is 14.7 Å². The molecule has 0 aliphatic heterocycles. The summed E-state index contributed by atoms with van der Waals surface area (Å²) in [4.78, 5) is 29.1. The number of phenolic OH excluding ortho intramolecular Hbond substituents is 1. The smallest absolute Gasteiger partial charge is 0.356 e. The van der Waals surface area contributed by atoms with Crippen LogP contribution in [0.25, 0.3) is 10.9 Å². The largest absolute Gasteiger partial charge is 0.507 e. The summed E-state index contributed by atoms with van der Waals surface area (Å²) in [5, 5.41) is 11.3. The van der Waals surface area contributed by atoms with Crippen molar-refractivity contribution >= 4 is 34.4 Å². The molecule has 0 fully saturated rings. The minimum atomic E-state index is -0.521. The van der Waals surface area contributed by atoms with Crippen LogP contribution >= 0.6 is 11.8 Å². The van der Waals surface area contributed by atoms with E-state index >= 15 is 0 Å². The number of methoxy groups -OCH3 is 1. The summed E-state index contributed by atoms with van der Waals surface area (Å²) in [6, 6.07) is 3.34. The molecule has 0 saturated heterocycles. The molecule has 1 aromatic carbocycles. The van der Waals surface area contributed by atoms with Gasteiger partial charge in [-0.3, -0.25) is 4.79 Å². The maximum atomic E-state index is 11.9. The lowest BCUT2D eigenvalue weighted by molar-refractivity contribution is 0.0594. The topological polar surface area (TPSA) is 76.5 Å². The maximum Gasteiger partial charge on any atom is 0.356 e. The van der Waals surface area contributed by atoms with Crippen molar-refractivity contribution in [1.82, 2.24) is 4.98 Å². The highest BCUT2D eigenvalue weighted by atomic mass is 32.2. The van der Waals surface area contributed by atoms with E-state index in [4.69, 9.17) is 4.74 Å². The number of aromatic hydroxyl groups is 1. The monoisotopic (exact) mass is 347 g/mol. The number of ether oxygens (including phenoxy) is 1. The van der Waals surface area contributed by atoms with Gasteiger partial charge in [0.1, 0.15) is 11.4 Å². The van der Waals surface area contributed by atoms with Gasteiger partial charge in [-0.25, -0.2) is 9.78 Å². The van der Waals surface area contributed by atoms with Gasteiger partial charge in [0.05, 0.1) is 18.2 Å². The summed E-state index contributed by atoms with van der Waals surface area (Å²) in [5.41, 5.74) is 1.65. The van der Waals surface area contributed by atoms with Crippen LogP contribution in [0.2, 0.25) is 0 Å². The normalized spacial score (nSPS) is 10.8. The number of fused-ring (bicyclic) bond motifs is 1. The molecule has 0 amide bonds. The van der Waals surface area contributed by atoms with Crippen molar-refractivity contribution in [2.75, 3.05) is 12.9 Å². The first-order valence-corrected chi connectivity index (χ1v) is 8.84. The van der Waals surface area contributed by atoms with E-state index in [1.165, 1.54) is 14.0 Å². The van der Waals surface area contributed by atoms with Crippen molar-refractivity contribution in [2.45, 2.75) is 38.5 Å². The number of Topliss-reactive ketones (excluding diaryl/α,β-unsaturated/α-hetero) is 1. The van der Waals surface area contributed by atoms with Crippen LogP contribution in [0.5, 0.6) is 5.75 Å². The second-order valence-electron chi connectivity index (χ2n) is 5.38. The molecule has 5 nitrogen and oxygen atoms in total. The standard InChI is InChI=1S/C18H21NO4S/c1-5-7-11-16-13(8-12(10(3)20)17(11)21)15(24-6-2)9-14(19-16)18(22)23-4/h8-9,21H,5-7H2,1-4H3. The van der Waals surface area contributed by atoms with E-state index in [1.807, 2.05) is 13.8 Å². The fourth-order valence-electron chi connectivity index (χ4n) is 2.63. The molecule has 0 saturated carbocycles. The van der Waals surface area contributed by atoms with Crippen LogP contribution in [-0.4, -0.2) is 34.7 Å². The average molecular weight is 347 g/mol. The van der Waals surface area contributed by atoms with Crippen LogP contribution in [0.1, 0.15) is 53.6 Å². The lowest BCUT2D eigenvalue weighted by Gasteiger charge is -2.15. The molecule has 1 N–H and O–H groups in total. The zero-order chi connectivity index (χ0) is 17.9. The van der Waals surface area contributed by atoms with Crippen molar-refractivity contribution in [3.05, 3.63) is 29.0 Å². The maximum absolute atomic E-state index is 11.9. The number of nitrogens with zero attached hydrogens (tertiary/aromatic N) is 1. The summed E-state index contributed by atoms with van der Waals surface area (Å²) in [7, 11) is 1.31. The molecule has 0 spiro atoms. The first-order chi connectivity index (χ1) is 11.4. The number of rotatable bonds is 6. The second-order valence-corrected chi connectivity index (χ2v) is 6.69. The molecule has 0 bridgehead atoms. The third kappa shape index (κ3) is 3.38. The number of aryl methyl sites for hydroxylation is 1. The van der Waals surface area contributed by atoms with Gasteiger partial charge >= 0.3 is 5.97 Å². The number of pyridine rings is 1. The Morgan fingerprint density at radius 2 is 2.00 bits per heavy atom. The fourth-order valence-corrected chi connectivity index (χ4v) is 3.44. The predicted molar refractivity (Wildman–Crippen MR) is 95.1 cm³/mol. The molecule has 2 aromatic rings. The van der Waals surface area contributed by atoms with E-state index in [0.717, 1.165) is 22.5 Å². The molecular formula is C18H21NO4S. The van der Waals surface area contributed by atoms with E-state index in [-0.39, 0.29) is 22.8 Å². The van der Waals surface area contributed by atoms with Crippen molar-refractivity contribution in [2.24, 2.45) is 0 Å². The fraction of sp³-hybridized carbons (Fsp3) is 0.389. The molecule has 1 heterocycles. The molecule has 0 radical (unpaired) electrons. The first-order valence-electron chi connectivity index (χ1n) is 7.86. The molecule has 24 heavy (non-hydrogen) atoms. The number of aromatic nitrogens is 1. The van der Waals surface area contributed by atoms with Crippen molar-refractivity contribution in [1.29, 1.82) is 0 Å². The third-order valence-electron chi connectivity index (χ3n) is 3.71. The lowest BCUT2D eigenvalue weighted by atomic mass is 9.98. The molecule has 6 heteroatoms. The van der Waals surface area contributed by atoms with E-state index in [0.29, 0.717) is 17.5 Å². The van der Waals surface area contributed by atoms with Gasteiger partial charge in [-0.1, -0.05) is 20.3 Å². The van der Waals surface area contributed by atoms with Crippen LogP contribution in [-0.2, 0) is 11.2 Å². The average Bonchev–Trinajstić information content (AvgIpc) is 2.56. The van der Waals surface area contributed by atoms with Crippen LogP contribution in [0.3, 0.4) is 0 Å². The highest BCUT2D eigenvalue weighted by Crippen LogP contribution is 2.37. The highest BCUT2D eigenvalue weighted by molar-refractivity contribution is 7.99. The summed E-state index contributed by atoms with van der Waals surface area (Å²) in [5.74, 6) is 0.0431. The Bertz CT molecular complexity index is 801. The number of carbonyl (C=O) groups is 2. The zero-order valence-corrected chi connectivity index (χ0v) is 15.1. The quantitative estimate of drug-likeness (QED) is 0.484. The van der Waals surface area contributed by atoms with Crippen LogP contribution < -0.4 is 0 Å². The number of thioether (sulfide) groups is 1. The SMILES string of the molecule is CCCc1c(O)c(C(C)=O)cc2c(SCC)cc(C(=O)OC)nc12. The van der Waals surface area contributed by atoms with E-state index < -0.39 is 5.97 Å². The molecule has 128 valence electrons. The highest BCUT2D eigenvalue weighted by Gasteiger charge is 2.20. The lowest BCUT2D eigenvalue weighted by Crippen LogP contribution is -2.07. The third-order valence-corrected chi connectivity index (χ3v) is 4.65. The number of benzene rings is 1. The van der Waals surface area contributed by atoms with Gasteiger partial charge in [0.2, 0.25) is 0 Å². The van der Waals surface area contributed by atoms with Gasteiger partial charge in [-0.15, -0.1) is 11.8 Å². The molecular weight excluding hydrogens is 326 g/mol. The summed E-state index contributed by atoms with van der Waals surface area (Å²) in [6.07, 6.45) is 1.35. The van der Waals surface area contributed by atoms with Gasteiger partial charge in [-0.2, -0.15) is 0 Å². The summed E-state index contributed by atoms with van der Waals surface area (Å²) >= 11 is 1.56. The second kappa shape index (κ2) is 7.66. The van der Waals surface area contributed by atoms with Crippen LogP contribution in [0.15, 0.2) is 17.0 Å². The minimum absolute atomic E-state index is 0.0428.